The van der Waals surface area contributed by atoms with Crippen LogP contribution in [0, 0.1) is 0 Å². The Morgan fingerprint density at radius 2 is 1.65 bits per heavy atom. The Labute approximate surface area is 139 Å². The molecule has 0 aliphatic heterocycles. The van der Waals surface area contributed by atoms with Gasteiger partial charge in [-0.15, -0.1) is 0 Å². The smallest absolute Gasteiger partial charge is 0.259 e. The second-order valence-electron chi connectivity index (χ2n) is 4.79. The van der Waals surface area contributed by atoms with Gasteiger partial charge in [0.15, 0.2) is 0 Å². The van der Waals surface area contributed by atoms with Crippen LogP contribution in [-0.4, -0.2) is 24.1 Å². The third kappa shape index (κ3) is 5.23. The van der Waals surface area contributed by atoms with Crippen molar-refractivity contribution in [1.29, 1.82) is 0 Å². The van der Waals surface area contributed by atoms with E-state index in [1.165, 1.54) is 0 Å². The van der Waals surface area contributed by atoms with Gasteiger partial charge >= 0.3 is 0 Å². The summed E-state index contributed by atoms with van der Waals surface area (Å²) in [5.41, 5.74) is 4.44. The first-order chi connectivity index (χ1) is 11.1. The summed E-state index contributed by atoms with van der Waals surface area (Å²) in [7, 11) is 0. The van der Waals surface area contributed by atoms with Crippen LogP contribution >= 0.6 is 11.6 Å². The van der Waals surface area contributed by atoms with Crippen LogP contribution in [0.1, 0.15) is 22.8 Å². The fraction of sp³-hybridized carbons (Fsp3) is 0.118. The third-order valence-corrected chi connectivity index (χ3v) is 3.31. The van der Waals surface area contributed by atoms with Gasteiger partial charge in [0.1, 0.15) is 0 Å². The SMILES string of the molecule is C/C(=N/NC(=O)CNC(=O)c1ccc(Cl)cc1)c1ccccc1. The maximum Gasteiger partial charge on any atom is 0.259 e. The van der Waals surface area contributed by atoms with Crippen LogP contribution in [0.15, 0.2) is 59.7 Å². The van der Waals surface area contributed by atoms with E-state index in [0.29, 0.717) is 16.3 Å². The monoisotopic (exact) mass is 329 g/mol. The van der Waals surface area contributed by atoms with E-state index < -0.39 is 5.91 Å². The average Bonchev–Trinajstić information content (AvgIpc) is 2.59. The van der Waals surface area contributed by atoms with Crippen molar-refractivity contribution in [2.75, 3.05) is 6.54 Å². The predicted octanol–water partition coefficient (Wildman–Crippen LogP) is 2.61. The molecule has 2 rings (SSSR count). The van der Waals surface area contributed by atoms with E-state index in [0.717, 1.165) is 5.56 Å². The third-order valence-electron chi connectivity index (χ3n) is 3.06. The summed E-state index contributed by atoms with van der Waals surface area (Å²) < 4.78 is 0. The molecule has 0 radical (unpaired) electrons. The van der Waals surface area contributed by atoms with Gasteiger partial charge in [0, 0.05) is 10.6 Å². The number of nitrogens with one attached hydrogen (secondary N) is 2. The number of hydrazone groups is 1. The molecule has 0 saturated carbocycles. The molecule has 0 unspecified atom stereocenters. The molecule has 0 saturated heterocycles. The highest BCUT2D eigenvalue weighted by molar-refractivity contribution is 6.30. The zero-order valence-electron chi connectivity index (χ0n) is 12.5. The molecule has 0 bridgehead atoms. The van der Waals surface area contributed by atoms with E-state index in [1.54, 1.807) is 31.2 Å². The quantitative estimate of drug-likeness (QED) is 0.654. The van der Waals surface area contributed by atoms with Crippen LogP contribution in [0.3, 0.4) is 0 Å². The van der Waals surface area contributed by atoms with Crippen molar-refractivity contribution >= 4 is 29.1 Å². The highest BCUT2D eigenvalue weighted by atomic mass is 35.5. The summed E-state index contributed by atoms with van der Waals surface area (Å²) in [6.07, 6.45) is 0. The van der Waals surface area contributed by atoms with Gasteiger partial charge in [0.05, 0.1) is 12.3 Å². The van der Waals surface area contributed by atoms with E-state index in [2.05, 4.69) is 15.8 Å². The summed E-state index contributed by atoms with van der Waals surface area (Å²) in [5.74, 6) is -0.747. The van der Waals surface area contributed by atoms with Gasteiger partial charge in [-0.25, -0.2) is 5.43 Å². The summed E-state index contributed by atoms with van der Waals surface area (Å²) in [6, 6.07) is 15.9. The first-order valence-electron chi connectivity index (χ1n) is 6.98. The maximum absolute atomic E-state index is 11.9. The zero-order valence-corrected chi connectivity index (χ0v) is 13.3. The van der Waals surface area contributed by atoms with Crippen molar-refractivity contribution < 1.29 is 9.59 Å². The first kappa shape index (κ1) is 16.7. The molecule has 0 aliphatic carbocycles. The molecule has 2 amide bonds. The molecule has 23 heavy (non-hydrogen) atoms. The van der Waals surface area contributed by atoms with Gasteiger partial charge in [0.2, 0.25) is 0 Å². The summed E-state index contributed by atoms with van der Waals surface area (Å²) in [4.78, 5) is 23.6. The number of carbonyl (C=O) groups excluding carboxylic acids is 2. The summed E-state index contributed by atoms with van der Waals surface area (Å²) in [5, 5.41) is 7.07. The molecule has 0 fully saturated rings. The lowest BCUT2D eigenvalue weighted by atomic mass is 10.1. The Morgan fingerprint density at radius 1 is 1.00 bits per heavy atom. The predicted molar refractivity (Wildman–Crippen MR) is 90.6 cm³/mol. The zero-order chi connectivity index (χ0) is 16.7. The lowest BCUT2D eigenvalue weighted by Gasteiger charge is -2.05. The van der Waals surface area contributed by atoms with Gasteiger partial charge in [-0.3, -0.25) is 9.59 Å². The minimum Gasteiger partial charge on any atom is -0.343 e. The molecule has 0 aliphatic rings. The van der Waals surface area contributed by atoms with E-state index in [9.17, 15) is 9.59 Å². The second-order valence-corrected chi connectivity index (χ2v) is 5.22. The van der Waals surface area contributed by atoms with Crippen LogP contribution < -0.4 is 10.7 Å². The molecular weight excluding hydrogens is 314 g/mol. The number of carbonyl (C=O) groups is 2. The fourth-order valence-corrected chi connectivity index (χ4v) is 1.92. The molecule has 2 aromatic rings. The van der Waals surface area contributed by atoms with Crippen molar-refractivity contribution in [2.24, 2.45) is 5.10 Å². The van der Waals surface area contributed by atoms with Gasteiger partial charge in [0.25, 0.3) is 11.8 Å². The van der Waals surface area contributed by atoms with Crippen LogP contribution in [-0.2, 0) is 4.79 Å². The molecule has 0 aromatic heterocycles. The van der Waals surface area contributed by atoms with Crippen molar-refractivity contribution in [3.8, 4) is 0 Å². The number of hydrogen-bond donors (Lipinski definition) is 2. The summed E-state index contributed by atoms with van der Waals surface area (Å²) in [6.45, 7) is 1.63. The first-order valence-corrected chi connectivity index (χ1v) is 7.36. The number of benzene rings is 2. The molecular formula is C17H16ClN3O2. The van der Waals surface area contributed by atoms with Crippen molar-refractivity contribution in [1.82, 2.24) is 10.7 Å². The van der Waals surface area contributed by atoms with Crippen LogP contribution in [0.5, 0.6) is 0 Å². The minimum absolute atomic E-state index is 0.160. The minimum atomic E-state index is -0.400. The van der Waals surface area contributed by atoms with Crippen LogP contribution in [0.25, 0.3) is 0 Å². The number of hydrogen-bond acceptors (Lipinski definition) is 3. The Balaban J connectivity index is 1.83. The second kappa shape index (κ2) is 8.10. The number of halogens is 1. The molecule has 0 heterocycles. The van der Waals surface area contributed by atoms with Gasteiger partial charge in [-0.2, -0.15) is 5.10 Å². The van der Waals surface area contributed by atoms with E-state index in [1.807, 2.05) is 30.3 Å². The lowest BCUT2D eigenvalue weighted by Crippen LogP contribution is -2.35. The Bertz CT molecular complexity index is 712. The maximum atomic E-state index is 11.9. The molecule has 0 spiro atoms. The number of rotatable bonds is 5. The van der Waals surface area contributed by atoms with E-state index >= 15 is 0 Å². The Hall–Kier alpha value is -2.66. The summed E-state index contributed by atoms with van der Waals surface area (Å²) >= 11 is 5.75. The normalized spacial score (nSPS) is 11.0. The van der Waals surface area contributed by atoms with Crippen LogP contribution in [0.2, 0.25) is 5.02 Å². The van der Waals surface area contributed by atoms with Crippen molar-refractivity contribution in [2.45, 2.75) is 6.92 Å². The van der Waals surface area contributed by atoms with Gasteiger partial charge in [-0.1, -0.05) is 41.9 Å². The molecule has 118 valence electrons. The van der Waals surface area contributed by atoms with E-state index in [-0.39, 0.29) is 12.5 Å². The van der Waals surface area contributed by atoms with Gasteiger partial charge in [-0.05, 0) is 36.8 Å². The molecule has 2 aromatic carbocycles. The largest absolute Gasteiger partial charge is 0.343 e. The topological polar surface area (TPSA) is 70.6 Å². The lowest BCUT2D eigenvalue weighted by molar-refractivity contribution is -0.120. The number of amides is 2. The highest BCUT2D eigenvalue weighted by Crippen LogP contribution is 2.09. The average molecular weight is 330 g/mol. The van der Waals surface area contributed by atoms with Crippen molar-refractivity contribution in [3.05, 3.63) is 70.7 Å². The highest BCUT2D eigenvalue weighted by Gasteiger charge is 2.07. The molecule has 6 heteroatoms. The molecule has 2 N–H and O–H groups in total. The van der Waals surface area contributed by atoms with E-state index in [4.69, 9.17) is 11.6 Å². The number of nitrogens with zero attached hydrogens (tertiary/aromatic N) is 1. The standard InChI is InChI=1S/C17H16ClN3O2/c1-12(13-5-3-2-4-6-13)20-21-16(22)11-19-17(23)14-7-9-15(18)10-8-14/h2-10H,11H2,1H3,(H,19,23)(H,21,22)/b20-12-. The van der Waals surface area contributed by atoms with Crippen LogP contribution in [0.4, 0.5) is 0 Å². The molecule has 0 atom stereocenters. The molecule has 5 nitrogen and oxygen atoms in total. The Kier molecular flexibility index (Phi) is 5.88. The Morgan fingerprint density at radius 3 is 2.30 bits per heavy atom. The van der Waals surface area contributed by atoms with Crippen molar-refractivity contribution in [3.63, 3.8) is 0 Å². The fourth-order valence-electron chi connectivity index (χ4n) is 1.79. The van der Waals surface area contributed by atoms with Gasteiger partial charge < -0.3 is 5.32 Å².